The summed E-state index contributed by atoms with van der Waals surface area (Å²) < 4.78 is 10.4. The fraction of sp³-hybridized carbons (Fsp3) is 0.0500. The van der Waals surface area contributed by atoms with Crippen LogP contribution in [0, 0.1) is 10.1 Å². The highest BCUT2D eigenvalue weighted by Crippen LogP contribution is 2.26. The van der Waals surface area contributed by atoms with Gasteiger partial charge in [-0.1, -0.05) is 18.2 Å². The van der Waals surface area contributed by atoms with Crippen LogP contribution in [0.3, 0.4) is 0 Å². The van der Waals surface area contributed by atoms with Crippen molar-refractivity contribution in [3.05, 3.63) is 87.7 Å². The molecule has 1 N–H and O–H groups in total. The average Bonchev–Trinajstić information content (AvgIpc) is 3.22. The third-order valence-corrected chi connectivity index (χ3v) is 3.92. The molecule has 3 aromatic rings. The Morgan fingerprint density at radius 1 is 1.10 bits per heavy atom. The number of hydrogen-bond acceptors (Lipinski definition) is 7. The Kier molecular flexibility index (Phi) is 5.79. The Morgan fingerprint density at radius 2 is 1.83 bits per heavy atom. The number of nitrogens with zero attached hydrogens (tertiary/aromatic N) is 2. The summed E-state index contributed by atoms with van der Waals surface area (Å²) in [4.78, 5) is 34.0. The molecular weight excluding hydrogens is 378 g/mol. The van der Waals surface area contributed by atoms with Crippen LogP contribution in [0.25, 0.3) is 11.3 Å². The largest absolute Gasteiger partial charge is 0.465 e. The van der Waals surface area contributed by atoms with E-state index in [9.17, 15) is 19.7 Å². The summed E-state index contributed by atoms with van der Waals surface area (Å²) >= 11 is 0. The maximum atomic E-state index is 12.0. The number of benzene rings is 2. The van der Waals surface area contributed by atoms with E-state index in [1.54, 1.807) is 36.4 Å². The summed E-state index contributed by atoms with van der Waals surface area (Å²) in [5.41, 5.74) is 3.35. The van der Waals surface area contributed by atoms with Gasteiger partial charge in [-0.15, -0.1) is 0 Å². The molecule has 0 spiro atoms. The molecule has 0 bridgehead atoms. The number of ether oxygens (including phenoxy) is 1. The fourth-order valence-electron chi connectivity index (χ4n) is 2.51. The zero-order valence-corrected chi connectivity index (χ0v) is 15.2. The lowest BCUT2D eigenvalue weighted by molar-refractivity contribution is -0.384. The quantitative estimate of drug-likeness (QED) is 0.296. The summed E-state index contributed by atoms with van der Waals surface area (Å²) in [6.07, 6.45) is 1.30. The first kappa shape index (κ1) is 19.5. The molecule has 29 heavy (non-hydrogen) atoms. The highest BCUT2D eigenvalue weighted by Gasteiger charge is 2.15. The first-order chi connectivity index (χ1) is 14.0. The summed E-state index contributed by atoms with van der Waals surface area (Å²) in [6, 6.07) is 15.3. The molecule has 0 fully saturated rings. The maximum absolute atomic E-state index is 12.0. The molecule has 0 aliphatic heterocycles. The molecule has 0 atom stereocenters. The molecular formula is C20H15N3O6. The standard InChI is InChI=1S/C20H15N3O6/c1-28-20(25)17-5-3-2-4-16(17)18-11-10-15(29-18)12-21-22-19(24)13-6-8-14(9-7-13)23(26)27/h2-12H,1H3,(H,22,24)/b21-12+. The van der Waals surface area contributed by atoms with E-state index in [-0.39, 0.29) is 11.3 Å². The van der Waals surface area contributed by atoms with Gasteiger partial charge in [0, 0.05) is 23.3 Å². The lowest BCUT2D eigenvalue weighted by atomic mass is 10.1. The van der Waals surface area contributed by atoms with Crippen molar-refractivity contribution in [2.45, 2.75) is 0 Å². The van der Waals surface area contributed by atoms with Gasteiger partial charge in [0.05, 0.1) is 23.8 Å². The second-order valence-corrected chi connectivity index (χ2v) is 5.74. The van der Waals surface area contributed by atoms with E-state index in [4.69, 9.17) is 9.15 Å². The average molecular weight is 393 g/mol. The van der Waals surface area contributed by atoms with Gasteiger partial charge >= 0.3 is 5.97 Å². The number of nitro groups is 1. The fourth-order valence-corrected chi connectivity index (χ4v) is 2.51. The van der Waals surface area contributed by atoms with Crippen molar-refractivity contribution in [2.24, 2.45) is 5.10 Å². The normalized spacial score (nSPS) is 10.7. The number of furan rings is 1. The van der Waals surface area contributed by atoms with Crippen LogP contribution in [-0.4, -0.2) is 30.1 Å². The highest BCUT2D eigenvalue weighted by atomic mass is 16.6. The number of non-ortho nitro benzene ring substituents is 1. The highest BCUT2D eigenvalue weighted by molar-refractivity contribution is 5.97. The predicted molar refractivity (Wildman–Crippen MR) is 104 cm³/mol. The predicted octanol–water partition coefficient (Wildman–Crippen LogP) is 3.41. The van der Waals surface area contributed by atoms with Crippen LogP contribution in [0.1, 0.15) is 26.5 Å². The Labute approximate surface area is 164 Å². The minimum absolute atomic E-state index is 0.111. The van der Waals surface area contributed by atoms with Crippen molar-refractivity contribution in [2.75, 3.05) is 7.11 Å². The SMILES string of the molecule is COC(=O)c1ccccc1-c1ccc(/C=N/NC(=O)c2ccc([N+](=O)[O-])cc2)o1. The Balaban J connectivity index is 1.69. The summed E-state index contributed by atoms with van der Waals surface area (Å²) in [5, 5.41) is 14.4. The maximum Gasteiger partial charge on any atom is 0.338 e. The lowest BCUT2D eigenvalue weighted by Gasteiger charge is -2.04. The van der Waals surface area contributed by atoms with Gasteiger partial charge in [0.1, 0.15) is 11.5 Å². The number of nitro benzene ring substituents is 1. The van der Waals surface area contributed by atoms with Crippen LogP contribution in [0.15, 0.2) is 70.2 Å². The molecule has 2 aromatic carbocycles. The number of carbonyl (C=O) groups is 2. The van der Waals surface area contributed by atoms with Crippen LogP contribution >= 0.6 is 0 Å². The van der Waals surface area contributed by atoms with E-state index in [1.807, 2.05) is 0 Å². The van der Waals surface area contributed by atoms with Crippen LogP contribution < -0.4 is 5.43 Å². The molecule has 0 saturated carbocycles. The monoisotopic (exact) mass is 393 g/mol. The number of carbonyl (C=O) groups excluding carboxylic acids is 2. The molecule has 0 radical (unpaired) electrons. The Hall–Kier alpha value is -4.27. The van der Waals surface area contributed by atoms with Crippen molar-refractivity contribution < 1.29 is 23.7 Å². The molecule has 1 heterocycles. The minimum Gasteiger partial charge on any atom is -0.465 e. The minimum atomic E-state index is -0.549. The van der Waals surface area contributed by atoms with Gasteiger partial charge in [-0.25, -0.2) is 10.2 Å². The Bertz CT molecular complexity index is 1090. The van der Waals surface area contributed by atoms with Gasteiger partial charge in [0.25, 0.3) is 11.6 Å². The van der Waals surface area contributed by atoms with Crippen molar-refractivity contribution in [1.29, 1.82) is 0 Å². The van der Waals surface area contributed by atoms with Gasteiger partial charge in [0.15, 0.2) is 0 Å². The van der Waals surface area contributed by atoms with E-state index in [2.05, 4.69) is 10.5 Å². The first-order valence-corrected chi connectivity index (χ1v) is 8.35. The van der Waals surface area contributed by atoms with E-state index in [1.165, 1.54) is 37.6 Å². The van der Waals surface area contributed by atoms with Gasteiger partial charge in [-0.2, -0.15) is 5.10 Å². The van der Waals surface area contributed by atoms with Crippen LogP contribution in [0.4, 0.5) is 5.69 Å². The molecule has 146 valence electrons. The Morgan fingerprint density at radius 3 is 2.52 bits per heavy atom. The van der Waals surface area contributed by atoms with Gasteiger partial charge in [-0.05, 0) is 30.3 Å². The third-order valence-electron chi connectivity index (χ3n) is 3.92. The van der Waals surface area contributed by atoms with Crippen LogP contribution in [0.2, 0.25) is 0 Å². The second kappa shape index (κ2) is 8.61. The number of rotatable bonds is 6. The zero-order valence-electron chi connectivity index (χ0n) is 15.2. The summed E-state index contributed by atoms with van der Waals surface area (Å²) in [5.74, 6) is -0.223. The number of methoxy groups -OCH3 is 1. The lowest BCUT2D eigenvalue weighted by Crippen LogP contribution is -2.17. The third kappa shape index (κ3) is 4.53. The molecule has 1 amide bonds. The van der Waals surface area contributed by atoms with E-state index >= 15 is 0 Å². The van der Waals surface area contributed by atoms with Crippen LogP contribution in [-0.2, 0) is 4.74 Å². The zero-order chi connectivity index (χ0) is 20.8. The first-order valence-electron chi connectivity index (χ1n) is 8.35. The summed E-state index contributed by atoms with van der Waals surface area (Å²) in [7, 11) is 1.30. The molecule has 9 nitrogen and oxygen atoms in total. The van der Waals surface area contributed by atoms with Gasteiger partial charge < -0.3 is 9.15 Å². The van der Waals surface area contributed by atoms with Crippen molar-refractivity contribution in [3.63, 3.8) is 0 Å². The molecule has 0 aliphatic rings. The van der Waals surface area contributed by atoms with Crippen molar-refractivity contribution in [1.82, 2.24) is 5.43 Å². The van der Waals surface area contributed by atoms with E-state index in [0.717, 1.165) is 0 Å². The van der Waals surface area contributed by atoms with Gasteiger partial charge in [0.2, 0.25) is 0 Å². The smallest absolute Gasteiger partial charge is 0.338 e. The topological polar surface area (TPSA) is 124 Å². The van der Waals surface area contributed by atoms with Crippen molar-refractivity contribution in [3.8, 4) is 11.3 Å². The molecule has 1 aromatic heterocycles. The summed E-state index contributed by atoms with van der Waals surface area (Å²) in [6.45, 7) is 0. The number of esters is 1. The molecule has 0 saturated heterocycles. The molecule has 9 heteroatoms. The van der Waals surface area contributed by atoms with E-state index in [0.29, 0.717) is 22.6 Å². The molecule has 3 rings (SSSR count). The van der Waals surface area contributed by atoms with Gasteiger partial charge in [-0.3, -0.25) is 14.9 Å². The second-order valence-electron chi connectivity index (χ2n) is 5.74. The number of hydrogen-bond donors (Lipinski definition) is 1. The van der Waals surface area contributed by atoms with Crippen LogP contribution in [0.5, 0.6) is 0 Å². The molecule has 0 unspecified atom stereocenters. The molecule has 0 aliphatic carbocycles. The number of hydrazone groups is 1. The van der Waals surface area contributed by atoms with E-state index < -0.39 is 16.8 Å². The number of amides is 1. The van der Waals surface area contributed by atoms with Crippen molar-refractivity contribution >= 4 is 23.8 Å². The number of nitrogens with one attached hydrogen (secondary N) is 1.